The molecular weight excluding hydrogens is 242 g/mol. The van der Waals surface area contributed by atoms with Crippen molar-refractivity contribution < 1.29 is 9.90 Å². The topological polar surface area (TPSA) is 56.7 Å². The van der Waals surface area contributed by atoms with Gasteiger partial charge in [-0.25, -0.2) is 9.78 Å². The molecule has 0 saturated carbocycles. The minimum atomic E-state index is -0.918. The molecule has 2 rings (SSSR count). The zero-order chi connectivity index (χ0) is 14.0. The van der Waals surface area contributed by atoms with E-state index in [1.807, 2.05) is 7.05 Å². The molecule has 0 unspecified atom stereocenters. The van der Waals surface area contributed by atoms with Gasteiger partial charge in [-0.15, -0.1) is 0 Å². The first kappa shape index (κ1) is 13.8. The lowest BCUT2D eigenvalue weighted by Gasteiger charge is -2.35. The molecule has 0 aliphatic carbocycles. The first-order chi connectivity index (χ1) is 8.99. The van der Waals surface area contributed by atoms with E-state index in [0.717, 1.165) is 31.7 Å². The zero-order valence-electron chi connectivity index (χ0n) is 11.8. The van der Waals surface area contributed by atoms with Crippen molar-refractivity contribution in [1.29, 1.82) is 0 Å². The maximum absolute atomic E-state index is 11.0. The van der Waals surface area contributed by atoms with Gasteiger partial charge in [0.1, 0.15) is 5.82 Å². The number of hydrogen-bond donors (Lipinski definition) is 1. The van der Waals surface area contributed by atoms with Crippen LogP contribution in [0.15, 0.2) is 12.1 Å². The SMILES string of the molecule is Cc1nc(N(C)C2CCN(C)CC2)ccc1C(=O)O. The molecule has 1 aromatic heterocycles. The highest BCUT2D eigenvalue weighted by Crippen LogP contribution is 2.21. The van der Waals surface area contributed by atoms with Crippen LogP contribution in [0.3, 0.4) is 0 Å². The normalized spacial score (nSPS) is 17.4. The molecule has 2 heterocycles. The maximum atomic E-state index is 11.0. The summed E-state index contributed by atoms with van der Waals surface area (Å²) in [5.74, 6) is -0.0597. The van der Waals surface area contributed by atoms with Crippen molar-refractivity contribution in [1.82, 2.24) is 9.88 Å². The second-order valence-electron chi connectivity index (χ2n) is 5.25. The third-order valence-corrected chi connectivity index (χ3v) is 3.90. The van der Waals surface area contributed by atoms with E-state index in [0.29, 0.717) is 11.7 Å². The molecule has 19 heavy (non-hydrogen) atoms. The summed E-state index contributed by atoms with van der Waals surface area (Å²) in [6, 6.07) is 3.93. The van der Waals surface area contributed by atoms with Crippen LogP contribution in [0.25, 0.3) is 0 Å². The first-order valence-electron chi connectivity index (χ1n) is 6.61. The fraction of sp³-hybridized carbons (Fsp3) is 0.571. The molecule has 0 aromatic carbocycles. The van der Waals surface area contributed by atoms with Crippen LogP contribution in [0.4, 0.5) is 5.82 Å². The van der Waals surface area contributed by atoms with Crippen molar-refractivity contribution in [2.45, 2.75) is 25.8 Å². The molecular formula is C14H21N3O2. The van der Waals surface area contributed by atoms with Gasteiger partial charge in [-0.05, 0) is 52.0 Å². The maximum Gasteiger partial charge on any atom is 0.337 e. The Bertz CT molecular complexity index is 468. The number of nitrogens with zero attached hydrogens (tertiary/aromatic N) is 3. The second kappa shape index (κ2) is 5.57. The van der Waals surface area contributed by atoms with E-state index in [4.69, 9.17) is 5.11 Å². The average Bonchev–Trinajstić information content (AvgIpc) is 2.38. The molecule has 0 radical (unpaired) electrons. The smallest absolute Gasteiger partial charge is 0.337 e. The van der Waals surface area contributed by atoms with Crippen LogP contribution >= 0.6 is 0 Å². The number of aromatic carboxylic acids is 1. The predicted octanol–water partition coefficient (Wildman–Crippen LogP) is 1.62. The first-order valence-corrected chi connectivity index (χ1v) is 6.61. The van der Waals surface area contributed by atoms with Crippen LogP contribution in [-0.2, 0) is 0 Å². The molecule has 0 amide bonds. The number of hydrogen-bond acceptors (Lipinski definition) is 4. The summed E-state index contributed by atoms with van der Waals surface area (Å²) < 4.78 is 0. The Hall–Kier alpha value is -1.62. The second-order valence-corrected chi connectivity index (χ2v) is 5.25. The number of carboxylic acid groups (broad SMARTS) is 1. The van der Waals surface area contributed by atoms with Crippen molar-refractivity contribution in [2.24, 2.45) is 0 Å². The Morgan fingerprint density at radius 2 is 2.05 bits per heavy atom. The lowest BCUT2D eigenvalue weighted by molar-refractivity contribution is 0.0695. The Morgan fingerprint density at radius 1 is 1.42 bits per heavy atom. The van der Waals surface area contributed by atoms with E-state index in [9.17, 15) is 4.79 Å². The summed E-state index contributed by atoms with van der Waals surface area (Å²) in [6.07, 6.45) is 2.24. The fourth-order valence-corrected chi connectivity index (χ4v) is 2.54. The highest BCUT2D eigenvalue weighted by molar-refractivity contribution is 5.89. The van der Waals surface area contributed by atoms with E-state index in [-0.39, 0.29) is 5.56 Å². The van der Waals surface area contributed by atoms with Crippen LogP contribution in [0.5, 0.6) is 0 Å². The summed E-state index contributed by atoms with van der Waals surface area (Å²) in [5, 5.41) is 9.01. The average molecular weight is 263 g/mol. The van der Waals surface area contributed by atoms with E-state index in [1.54, 1.807) is 19.1 Å². The molecule has 0 spiro atoms. The Labute approximate surface area is 113 Å². The van der Waals surface area contributed by atoms with Gasteiger partial charge in [-0.3, -0.25) is 0 Å². The molecule has 1 N–H and O–H groups in total. The predicted molar refractivity (Wildman–Crippen MR) is 74.9 cm³/mol. The molecule has 1 aliphatic heterocycles. The van der Waals surface area contributed by atoms with Crippen molar-refractivity contribution in [3.63, 3.8) is 0 Å². The van der Waals surface area contributed by atoms with E-state index in [1.165, 1.54) is 0 Å². The standard InChI is InChI=1S/C14H21N3O2/c1-10-12(14(18)19)4-5-13(15-10)17(3)11-6-8-16(2)9-7-11/h4-5,11H,6-9H2,1-3H3,(H,18,19). The van der Waals surface area contributed by atoms with Gasteiger partial charge in [-0.1, -0.05) is 0 Å². The third-order valence-electron chi connectivity index (χ3n) is 3.90. The van der Waals surface area contributed by atoms with E-state index in [2.05, 4.69) is 21.8 Å². The van der Waals surface area contributed by atoms with Gasteiger partial charge >= 0.3 is 5.97 Å². The highest BCUT2D eigenvalue weighted by Gasteiger charge is 2.22. The monoisotopic (exact) mass is 263 g/mol. The number of rotatable bonds is 3. The summed E-state index contributed by atoms with van der Waals surface area (Å²) in [6.45, 7) is 3.94. The zero-order valence-corrected chi connectivity index (χ0v) is 11.8. The molecule has 0 bridgehead atoms. The van der Waals surface area contributed by atoms with Crippen LogP contribution in [-0.4, -0.2) is 54.2 Å². The fourth-order valence-electron chi connectivity index (χ4n) is 2.54. The minimum Gasteiger partial charge on any atom is -0.478 e. The minimum absolute atomic E-state index is 0.278. The summed E-state index contributed by atoms with van der Waals surface area (Å²) in [7, 11) is 4.18. The van der Waals surface area contributed by atoms with Gasteiger partial charge in [0.25, 0.3) is 0 Å². The van der Waals surface area contributed by atoms with Gasteiger partial charge in [0.2, 0.25) is 0 Å². The van der Waals surface area contributed by atoms with Crippen LogP contribution in [0.2, 0.25) is 0 Å². The number of aromatic nitrogens is 1. The summed E-state index contributed by atoms with van der Waals surface area (Å²) in [5.41, 5.74) is 0.852. The molecule has 5 nitrogen and oxygen atoms in total. The number of pyridine rings is 1. The Kier molecular flexibility index (Phi) is 4.04. The van der Waals surface area contributed by atoms with Crippen LogP contribution < -0.4 is 4.90 Å². The quantitative estimate of drug-likeness (QED) is 0.898. The van der Waals surface area contributed by atoms with Crippen molar-refractivity contribution in [3.8, 4) is 0 Å². The number of carbonyl (C=O) groups is 1. The van der Waals surface area contributed by atoms with Crippen molar-refractivity contribution in [2.75, 3.05) is 32.1 Å². The number of aryl methyl sites for hydroxylation is 1. The summed E-state index contributed by atoms with van der Waals surface area (Å²) >= 11 is 0. The molecule has 1 saturated heterocycles. The lowest BCUT2D eigenvalue weighted by Crippen LogP contribution is -2.42. The van der Waals surface area contributed by atoms with Gasteiger partial charge in [0.05, 0.1) is 11.3 Å². The van der Waals surface area contributed by atoms with E-state index < -0.39 is 5.97 Å². The van der Waals surface area contributed by atoms with Gasteiger partial charge in [0.15, 0.2) is 0 Å². The summed E-state index contributed by atoms with van der Waals surface area (Å²) in [4.78, 5) is 19.9. The van der Waals surface area contributed by atoms with Crippen LogP contribution in [0, 0.1) is 6.92 Å². The molecule has 1 aromatic rings. The number of piperidine rings is 1. The van der Waals surface area contributed by atoms with Gasteiger partial charge in [0, 0.05) is 13.1 Å². The van der Waals surface area contributed by atoms with E-state index >= 15 is 0 Å². The van der Waals surface area contributed by atoms with Crippen molar-refractivity contribution >= 4 is 11.8 Å². The number of carboxylic acids is 1. The lowest BCUT2D eigenvalue weighted by atomic mass is 10.0. The van der Waals surface area contributed by atoms with Crippen molar-refractivity contribution in [3.05, 3.63) is 23.4 Å². The Balaban J connectivity index is 2.13. The molecule has 0 atom stereocenters. The largest absolute Gasteiger partial charge is 0.478 e. The molecule has 1 fully saturated rings. The Morgan fingerprint density at radius 3 is 2.58 bits per heavy atom. The van der Waals surface area contributed by atoms with Gasteiger partial charge in [-0.2, -0.15) is 0 Å². The molecule has 1 aliphatic rings. The number of likely N-dealkylation sites (tertiary alicyclic amines) is 1. The third kappa shape index (κ3) is 3.04. The number of anilines is 1. The molecule has 5 heteroatoms. The van der Waals surface area contributed by atoms with Gasteiger partial charge < -0.3 is 14.9 Å². The molecule has 104 valence electrons. The van der Waals surface area contributed by atoms with Crippen LogP contribution in [0.1, 0.15) is 28.9 Å². The highest BCUT2D eigenvalue weighted by atomic mass is 16.4.